The fourth-order valence-electron chi connectivity index (χ4n) is 3.06. The van der Waals surface area contributed by atoms with Gasteiger partial charge >= 0.3 is 5.97 Å². The van der Waals surface area contributed by atoms with Gasteiger partial charge in [-0.1, -0.05) is 12.1 Å². The smallest absolute Gasteiger partial charge is 0.305 e. The first-order valence-corrected chi connectivity index (χ1v) is 8.51. The molecular formula is C19H20FNO5. The van der Waals surface area contributed by atoms with Crippen LogP contribution >= 0.6 is 0 Å². The number of amides is 1. The minimum absolute atomic E-state index is 0.0696. The summed E-state index contributed by atoms with van der Waals surface area (Å²) >= 11 is 0. The van der Waals surface area contributed by atoms with E-state index in [-0.39, 0.29) is 42.0 Å². The Morgan fingerprint density at radius 3 is 2.58 bits per heavy atom. The lowest BCUT2D eigenvalue weighted by Crippen LogP contribution is -2.44. The molecule has 0 bridgehead atoms. The first-order valence-electron chi connectivity index (χ1n) is 8.51. The minimum atomic E-state index is -0.971. The summed E-state index contributed by atoms with van der Waals surface area (Å²) in [7, 11) is 0. The molecule has 1 aliphatic rings. The molecule has 7 heteroatoms. The molecule has 0 aliphatic carbocycles. The maximum absolute atomic E-state index is 13.9. The number of benzene rings is 1. The highest BCUT2D eigenvalue weighted by Crippen LogP contribution is 2.26. The van der Waals surface area contributed by atoms with Gasteiger partial charge in [-0.25, -0.2) is 4.39 Å². The van der Waals surface area contributed by atoms with Crippen LogP contribution in [0, 0.1) is 5.82 Å². The lowest BCUT2D eigenvalue weighted by atomic mass is 10.1. The number of nitrogens with zero attached hydrogens (tertiary/aromatic N) is 1. The summed E-state index contributed by atoms with van der Waals surface area (Å²) in [5.41, 5.74) is 0.273. The van der Waals surface area contributed by atoms with E-state index in [2.05, 4.69) is 0 Å². The number of carboxylic acid groups (broad SMARTS) is 1. The number of hydrogen-bond donors (Lipinski definition) is 1. The van der Waals surface area contributed by atoms with Gasteiger partial charge in [-0.2, -0.15) is 0 Å². The average molecular weight is 361 g/mol. The van der Waals surface area contributed by atoms with Crippen LogP contribution in [0.5, 0.6) is 0 Å². The third-order valence-corrected chi connectivity index (χ3v) is 4.42. The molecule has 2 aromatic rings. The maximum atomic E-state index is 13.9. The molecule has 1 saturated heterocycles. The van der Waals surface area contributed by atoms with Crippen molar-refractivity contribution in [3.05, 3.63) is 48.0 Å². The van der Waals surface area contributed by atoms with Crippen LogP contribution in [0.2, 0.25) is 0 Å². The highest BCUT2D eigenvalue weighted by Gasteiger charge is 2.29. The molecule has 1 N–H and O–H groups in total. The van der Waals surface area contributed by atoms with Gasteiger partial charge in [0.1, 0.15) is 11.6 Å². The Morgan fingerprint density at radius 1 is 1.15 bits per heavy atom. The number of rotatable bonds is 6. The van der Waals surface area contributed by atoms with Crippen molar-refractivity contribution in [3.63, 3.8) is 0 Å². The molecular weight excluding hydrogens is 341 g/mol. The molecule has 0 saturated carbocycles. The fourth-order valence-corrected chi connectivity index (χ4v) is 3.06. The lowest BCUT2D eigenvalue weighted by Gasteiger charge is -2.33. The molecule has 1 aromatic heterocycles. The van der Waals surface area contributed by atoms with Crippen LogP contribution in [-0.2, 0) is 9.53 Å². The van der Waals surface area contributed by atoms with Crippen LogP contribution in [0.3, 0.4) is 0 Å². The highest BCUT2D eigenvalue weighted by atomic mass is 19.1. The van der Waals surface area contributed by atoms with Crippen LogP contribution in [0.25, 0.3) is 11.3 Å². The van der Waals surface area contributed by atoms with Crippen molar-refractivity contribution in [1.82, 2.24) is 4.90 Å². The molecule has 3 rings (SSSR count). The Labute approximate surface area is 150 Å². The molecule has 6 nitrogen and oxygen atoms in total. The van der Waals surface area contributed by atoms with Gasteiger partial charge in [0.2, 0.25) is 0 Å². The monoisotopic (exact) mass is 361 g/mol. The van der Waals surface area contributed by atoms with E-state index in [1.807, 2.05) is 0 Å². The number of carbonyl (C=O) groups is 2. The van der Waals surface area contributed by atoms with Gasteiger partial charge in [0.15, 0.2) is 5.76 Å². The average Bonchev–Trinajstić information content (AvgIpc) is 3.12. The van der Waals surface area contributed by atoms with Crippen molar-refractivity contribution in [2.75, 3.05) is 19.8 Å². The Morgan fingerprint density at radius 2 is 1.88 bits per heavy atom. The first kappa shape index (κ1) is 18.1. The first-order chi connectivity index (χ1) is 12.6. The Kier molecular flexibility index (Phi) is 5.68. The van der Waals surface area contributed by atoms with E-state index >= 15 is 0 Å². The zero-order valence-corrected chi connectivity index (χ0v) is 14.2. The second kappa shape index (κ2) is 8.14. The Hall–Kier alpha value is -2.67. The SMILES string of the molecule is O=C(O)CCN(C(=O)c1ccc(-c2ccccc2F)o1)C1CCOCC1. The summed E-state index contributed by atoms with van der Waals surface area (Å²) < 4.78 is 24.8. The third kappa shape index (κ3) is 4.11. The molecule has 2 heterocycles. The summed E-state index contributed by atoms with van der Waals surface area (Å²) in [5, 5.41) is 8.97. The fraction of sp³-hybridized carbons (Fsp3) is 0.368. The molecule has 1 aromatic carbocycles. The van der Waals surface area contributed by atoms with E-state index < -0.39 is 11.8 Å². The largest absolute Gasteiger partial charge is 0.481 e. The third-order valence-electron chi connectivity index (χ3n) is 4.42. The van der Waals surface area contributed by atoms with Crippen molar-refractivity contribution in [2.45, 2.75) is 25.3 Å². The summed E-state index contributed by atoms with van der Waals surface area (Å²) in [4.78, 5) is 25.4. The zero-order valence-electron chi connectivity index (χ0n) is 14.2. The molecule has 1 aliphatic heterocycles. The van der Waals surface area contributed by atoms with Gasteiger partial charge in [-0.05, 0) is 37.1 Å². The van der Waals surface area contributed by atoms with E-state index in [9.17, 15) is 14.0 Å². The molecule has 0 radical (unpaired) electrons. The maximum Gasteiger partial charge on any atom is 0.305 e. The van der Waals surface area contributed by atoms with Gasteiger partial charge in [0.05, 0.1) is 12.0 Å². The van der Waals surface area contributed by atoms with Crippen LogP contribution in [0.4, 0.5) is 4.39 Å². The van der Waals surface area contributed by atoms with Crippen molar-refractivity contribution in [3.8, 4) is 11.3 Å². The minimum Gasteiger partial charge on any atom is -0.481 e. The van der Waals surface area contributed by atoms with Crippen LogP contribution in [-0.4, -0.2) is 47.7 Å². The molecule has 26 heavy (non-hydrogen) atoms. The number of furan rings is 1. The van der Waals surface area contributed by atoms with E-state index in [0.717, 1.165) is 0 Å². The molecule has 0 unspecified atom stereocenters. The lowest BCUT2D eigenvalue weighted by molar-refractivity contribution is -0.137. The quantitative estimate of drug-likeness (QED) is 0.855. The van der Waals surface area contributed by atoms with Crippen molar-refractivity contribution >= 4 is 11.9 Å². The molecule has 138 valence electrons. The summed E-state index contributed by atoms with van der Waals surface area (Å²) in [5.74, 6) is -1.47. The molecule has 0 atom stereocenters. The van der Waals surface area contributed by atoms with Crippen LogP contribution in [0.1, 0.15) is 29.8 Å². The summed E-state index contributed by atoms with van der Waals surface area (Å²) in [6.45, 7) is 1.15. The van der Waals surface area contributed by atoms with E-state index in [1.165, 1.54) is 17.0 Å². The second-order valence-electron chi connectivity index (χ2n) is 6.13. The number of hydrogen-bond acceptors (Lipinski definition) is 4. The van der Waals surface area contributed by atoms with E-state index in [0.29, 0.717) is 26.1 Å². The van der Waals surface area contributed by atoms with Crippen molar-refractivity contribution in [1.29, 1.82) is 0 Å². The van der Waals surface area contributed by atoms with Gasteiger partial charge < -0.3 is 19.2 Å². The number of ether oxygens (including phenoxy) is 1. The number of halogens is 1. The van der Waals surface area contributed by atoms with Gasteiger partial charge in [0, 0.05) is 25.8 Å². The molecule has 1 amide bonds. The van der Waals surface area contributed by atoms with E-state index in [1.54, 1.807) is 24.3 Å². The van der Waals surface area contributed by atoms with Crippen molar-refractivity contribution in [2.24, 2.45) is 0 Å². The van der Waals surface area contributed by atoms with Crippen molar-refractivity contribution < 1.29 is 28.2 Å². The Bertz CT molecular complexity index is 782. The number of carboxylic acids is 1. The standard InChI is InChI=1S/C19H20FNO5/c20-15-4-2-1-3-14(15)16-5-6-17(26-16)19(24)21(10-7-18(22)23)13-8-11-25-12-9-13/h1-6,13H,7-12H2,(H,22,23). The summed E-state index contributed by atoms with van der Waals surface area (Å²) in [6.07, 6.45) is 1.14. The predicted octanol–water partition coefficient (Wildman–Crippen LogP) is 3.18. The van der Waals surface area contributed by atoms with Crippen LogP contribution < -0.4 is 0 Å². The molecule has 1 fully saturated rings. The number of carbonyl (C=O) groups excluding carboxylic acids is 1. The molecule has 0 spiro atoms. The van der Waals surface area contributed by atoms with Gasteiger partial charge in [0.25, 0.3) is 5.91 Å². The summed E-state index contributed by atoms with van der Waals surface area (Å²) in [6, 6.07) is 9.10. The van der Waals surface area contributed by atoms with Crippen LogP contribution in [0.15, 0.2) is 40.8 Å². The van der Waals surface area contributed by atoms with E-state index in [4.69, 9.17) is 14.3 Å². The zero-order chi connectivity index (χ0) is 18.5. The van der Waals surface area contributed by atoms with Gasteiger partial charge in [-0.3, -0.25) is 9.59 Å². The number of aliphatic carboxylic acids is 1. The highest BCUT2D eigenvalue weighted by molar-refractivity contribution is 5.92. The predicted molar refractivity (Wildman–Crippen MR) is 91.2 cm³/mol. The normalized spacial score (nSPS) is 15.0. The Balaban J connectivity index is 1.82. The topological polar surface area (TPSA) is 80.0 Å². The van der Waals surface area contributed by atoms with Gasteiger partial charge in [-0.15, -0.1) is 0 Å². The second-order valence-corrected chi connectivity index (χ2v) is 6.13.